The van der Waals surface area contributed by atoms with Gasteiger partial charge in [0.2, 0.25) is 5.75 Å². The standard InChI is InChI=1S/C21H20ClFN4O4/c1-12-16(20(22)27(26-12)15-7-5-14(23)6-8-15)11-24-25-21(28)13-9-17(29-2)19(31-4)18(10-13)30-3/h5-11H,1-4H3,(H,25,28)/b24-11+. The summed E-state index contributed by atoms with van der Waals surface area (Å²) in [5.74, 6) is 0.210. The highest BCUT2D eigenvalue weighted by atomic mass is 35.5. The average molecular weight is 447 g/mol. The highest BCUT2D eigenvalue weighted by Crippen LogP contribution is 2.38. The Morgan fingerprint density at radius 2 is 1.74 bits per heavy atom. The van der Waals surface area contributed by atoms with Gasteiger partial charge in [-0.2, -0.15) is 10.2 Å². The number of carbonyl (C=O) groups is 1. The molecule has 1 amide bonds. The molecule has 10 heteroatoms. The molecule has 0 saturated heterocycles. The lowest BCUT2D eigenvalue weighted by Gasteiger charge is -2.13. The molecule has 0 bridgehead atoms. The quantitative estimate of drug-likeness (QED) is 0.441. The first kappa shape index (κ1) is 22.1. The Morgan fingerprint density at radius 1 is 1.13 bits per heavy atom. The Labute approximate surface area is 183 Å². The van der Waals surface area contributed by atoms with Gasteiger partial charge >= 0.3 is 0 Å². The van der Waals surface area contributed by atoms with E-state index in [0.29, 0.717) is 34.2 Å². The van der Waals surface area contributed by atoms with E-state index in [2.05, 4.69) is 15.6 Å². The van der Waals surface area contributed by atoms with Crippen LogP contribution in [0.4, 0.5) is 4.39 Å². The van der Waals surface area contributed by atoms with E-state index in [4.69, 9.17) is 25.8 Å². The van der Waals surface area contributed by atoms with Crippen LogP contribution < -0.4 is 19.6 Å². The van der Waals surface area contributed by atoms with Crippen molar-refractivity contribution < 1.29 is 23.4 Å². The summed E-state index contributed by atoms with van der Waals surface area (Å²) < 4.78 is 30.4. The molecule has 0 fully saturated rings. The molecule has 31 heavy (non-hydrogen) atoms. The van der Waals surface area contributed by atoms with E-state index in [1.54, 1.807) is 19.1 Å². The number of nitrogens with zero attached hydrogens (tertiary/aromatic N) is 3. The summed E-state index contributed by atoms with van der Waals surface area (Å²) in [5.41, 5.74) is 4.38. The average Bonchev–Trinajstić information content (AvgIpc) is 3.06. The number of nitrogens with one attached hydrogen (secondary N) is 1. The predicted octanol–water partition coefficient (Wildman–Crippen LogP) is 3.76. The zero-order chi connectivity index (χ0) is 22.5. The van der Waals surface area contributed by atoms with E-state index < -0.39 is 5.91 Å². The van der Waals surface area contributed by atoms with Gasteiger partial charge in [0.05, 0.1) is 44.5 Å². The fourth-order valence-electron chi connectivity index (χ4n) is 2.84. The van der Waals surface area contributed by atoms with E-state index in [9.17, 15) is 9.18 Å². The van der Waals surface area contributed by atoms with Crippen LogP contribution in [0, 0.1) is 12.7 Å². The number of aromatic nitrogens is 2. The van der Waals surface area contributed by atoms with Crippen LogP contribution in [-0.4, -0.2) is 43.2 Å². The van der Waals surface area contributed by atoms with Gasteiger partial charge in [0.1, 0.15) is 11.0 Å². The summed E-state index contributed by atoms with van der Waals surface area (Å²) >= 11 is 6.40. The molecule has 1 N–H and O–H groups in total. The summed E-state index contributed by atoms with van der Waals surface area (Å²) in [6, 6.07) is 8.76. The second-order valence-electron chi connectivity index (χ2n) is 6.29. The first-order valence-corrected chi connectivity index (χ1v) is 9.41. The number of methoxy groups -OCH3 is 3. The summed E-state index contributed by atoms with van der Waals surface area (Å²) in [6.07, 6.45) is 1.39. The van der Waals surface area contributed by atoms with Crippen molar-refractivity contribution >= 4 is 23.7 Å². The fraction of sp³-hybridized carbons (Fsp3) is 0.190. The number of halogens is 2. The van der Waals surface area contributed by atoms with Crippen molar-refractivity contribution in [2.24, 2.45) is 5.10 Å². The molecule has 0 aliphatic carbocycles. The third-order valence-corrected chi connectivity index (χ3v) is 4.77. The Hall–Kier alpha value is -3.59. The normalized spacial score (nSPS) is 10.9. The smallest absolute Gasteiger partial charge is 0.271 e. The van der Waals surface area contributed by atoms with Crippen molar-refractivity contribution in [1.29, 1.82) is 0 Å². The van der Waals surface area contributed by atoms with Crippen LogP contribution in [0.3, 0.4) is 0 Å². The number of carbonyl (C=O) groups excluding carboxylic acids is 1. The van der Waals surface area contributed by atoms with E-state index in [1.165, 1.54) is 56.5 Å². The third kappa shape index (κ3) is 4.61. The van der Waals surface area contributed by atoms with E-state index in [-0.39, 0.29) is 16.5 Å². The molecule has 3 aromatic rings. The molecular formula is C21H20ClFN4O4. The summed E-state index contributed by atoms with van der Waals surface area (Å²) in [5, 5.41) is 8.59. The Kier molecular flexibility index (Phi) is 6.76. The Bertz CT molecular complexity index is 1100. The van der Waals surface area contributed by atoms with Crippen LogP contribution in [0.1, 0.15) is 21.6 Å². The first-order valence-electron chi connectivity index (χ1n) is 9.04. The van der Waals surface area contributed by atoms with E-state index in [1.807, 2.05) is 0 Å². The van der Waals surface area contributed by atoms with Gasteiger partial charge in [0.15, 0.2) is 11.5 Å². The summed E-state index contributed by atoms with van der Waals surface area (Å²) in [6.45, 7) is 1.74. The zero-order valence-corrected chi connectivity index (χ0v) is 18.0. The molecule has 1 heterocycles. The molecule has 2 aromatic carbocycles. The van der Waals surface area contributed by atoms with Gasteiger partial charge in [-0.1, -0.05) is 11.6 Å². The van der Waals surface area contributed by atoms with Crippen LogP contribution in [0.15, 0.2) is 41.5 Å². The van der Waals surface area contributed by atoms with Gasteiger partial charge in [-0.3, -0.25) is 4.79 Å². The summed E-state index contributed by atoms with van der Waals surface area (Å²) in [7, 11) is 4.39. The van der Waals surface area contributed by atoms with Crippen LogP contribution in [0.5, 0.6) is 17.2 Å². The molecule has 1 aromatic heterocycles. The lowest BCUT2D eigenvalue weighted by Crippen LogP contribution is -2.18. The van der Waals surface area contributed by atoms with Gasteiger partial charge in [-0.25, -0.2) is 14.5 Å². The molecule has 0 radical (unpaired) electrons. The monoisotopic (exact) mass is 446 g/mol. The molecule has 8 nitrogen and oxygen atoms in total. The van der Waals surface area contributed by atoms with Crippen molar-refractivity contribution in [2.75, 3.05) is 21.3 Å². The lowest BCUT2D eigenvalue weighted by molar-refractivity contribution is 0.0954. The van der Waals surface area contributed by atoms with Gasteiger partial charge in [-0.05, 0) is 43.3 Å². The largest absolute Gasteiger partial charge is 0.493 e. The number of hydrogen-bond donors (Lipinski definition) is 1. The molecule has 3 rings (SSSR count). The number of hydrazone groups is 1. The number of ether oxygens (including phenoxy) is 3. The second kappa shape index (κ2) is 9.48. The van der Waals surface area contributed by atoms with Crippen molar-refractivity contribution in [3.63, 3.8) is 0 Å². The molecule has 0 aliphatic heterocycles. The predicted molar refractivity (Wildman–Crippen MR) is 114 cm³/mol. The minimum Gasteiger partial charge on any atom is -0.493 e. The second-order valence-corrected chi connectivity index (χ2v) is 6.65. The van der Waals surface area contributed by atoms with Gasteiger partial charge < -0.3 is 14.2 Å². The van der Waals surface area contributed by atoms with Gasteiger partial charge in [0, 0.05) is 5.56 Å². The van der Waals surface area contributed by atoms with Crippen LogP contribution in [-0.2, 0) is 0 Å². The first-order chi connectivity index (χ1) is 14.9. The Morgan fingerprint density at radius 3 is 2.29 bits per heavy atom. The van der Waals surface area contributed by atoms with Crippen molar-refractivity contribution in [3.8, 4) is 22.9 Å². The number of hydrogen-bond acceptors (Lipinski definition) is 6. The molecule has 0 unspecified atom stereocenters. The highest BCUT2D eigenvalue weighted by Gasteiger charge is 2.17. The van der Waals surface area contributed by atoms with Crippen LogP contribution >= 0.6 is 11.6 Å². The lowest BCUT2D eigenvalue weighted by atomic mass is 10.1. The number of aryl methyl sites for hydroxylation is 1. The van der Waals surface area contributed by atoms with Gasteiger partial charge in [-0.15, -0.1) is 0 Å². The third-order valence-electron chi connectivity index (χ3n) is 4.41. The van der Waals surface area contributed by atoms with E-state index in [0.717, 1.165) is 0 Å². The van der Waals surface area contributed by atoms with Crippen LogP contribution in [0.25, 0.3) is 5.69 Å². The minimum absolute atomic E-state index is 0.261. The van der Waals surface area contributed by atoms with E-state index >= 15 is 0 Å². The van der Waals surface area contributed by atoms with Gasteiger partial charge in [0.25, 0.3) is 5.91 Å². The number of rotatable bonds is 7. The Balaban J connectivity index is 1.81. The minimum atomic E-state index is -0.491. The maximum Gasteiger partial charge on any atom is 0.271 e. The summed E-state index contributed by atoms with van der Waals surface area (Å²) in [4.78, 5) is 12.5. The molecular weight excluding hydrogens is 427 g/mol. The molecule has 0 saturated carbocycles. The van der Waals surface area contributed by atoms with Crippen molar-refractivity contribution in [1.82, 2.24) is 15.2 Å². The highest BCUT2D eigenvalue weighted by molar-refractivity contribution is 6.32. The molecule has 0 aliphatic rings. The topological polar surface area (TPSA) is 87.0 Å². The molecule has 0 spiro atoms. The number of amides is 1. The number of benzene rings is 2. The van der Waals surface area contributed by atoms with Crippen molar-refractivity contribution in [3.05, 3.63) is 64.2 Å². The zero-order valence-electron chi connectivity index (χ0n) is 17.3. The molecule has 162 valence electrons. The SMILES string of the molecule is COc1cc(C(=O)N/N=C/c2c(C)nn(-c3ccc(F)cc3)c2Cl)cc(OC)c1OC. The van der Waals surface area contributed by atoms with Crippen LogP contribution in [0.2, 0.25) is 5.15 Å². The molecule has 0 atom stereocenters. The van der Waals surface area contributed by atoms with Crippen molar-refractivity contribution in [2.45, 2.75) is 6.92 Å². The maximum absolute atomic E-state index is 13.2. The fourth-order valence-corrected chi connectivity index (χ4v) is 3.16. The maximum atomic E-state index is 13.2.